The van der Waals surface area contributed by atoms with Crippen molar-refractivity contribution in [3.63, 3.8) is 0 Å². The number of ether oxygens (including phenoxy) is 1. The Bertz CT molecular complexity index is 654. The fraction of sp³-hybridized carbons (Fsp3) is 0.286. The lowest BCUT2D eigenvalue weighted by Crippen LogP contribution is -2.09. The van der Waals surface area contributed by atoms with Crippen molar-refractivity contribution in [3.8, 4) is 17.0 Å². The number of nitrogens with zero attached hydrogens (tertiary/aromatic N) is 2. The zero-order chi connectivity index (χ0) is 15.0. The molecule has 21 heavy (non-hydrogen) atoms. The molecule has 1 heterocycles. The molecule has 110 valence electrons. The van der Waals surface area contributed by atoms with Crippen LogP contribution < -0.4 is 4.74 Å². The Morgan fingerprint density at radius 3 is 2.33 bits per heavy atom. The van der Waals surface area contributed by atoms with Gasteiger partial charge in [-0.3, -0.25) is 0 Å². The third-order valence-corrected chi connectivity index (χ3v) is 3.14. The molecule has 0 aliphatic heterocycles. The highest BCUT2D eigenvalue weighted by Crippen LogP contribution is 2.32. The third kappa shape index (κ3) is 3.44. The Labute approximate surface area is 123 Å². The maximum atomic E-state index is 12.7. The van der Waals surface area contributed by atoms with Crippen molar-refractivity contribution in [1.82, 2.24) is 9.97 Å². The lowest BCUT2D eigenvalue weighted by Gasteiger charge is -2.09. The van der Waals surface area contributed by atoms with Crippen LogP contribution in [-0.4, -0.2) is 16.1 Å². The SMILES string of the molecule is FC(F)(F)c1cc(-c2ccc(OC3CC3)cc2)nc(Cl)n1. The van der Waals surface area contributed by atoms with Gasteiger partial charge >= 0.3 is 6.18 Å². The van der Waals surface area contributed by atoms with Gasteiger partial charge < -0.3 is 4.74 Å². The molecule has 0 radical (unpaired) electrons. The first-order chi connectivity index (χ1) is 9.91. The van der Waals surface area contributed by atoms with Crippen molar-refractivity contribution in [2.45, 2.75) is 25.1 Å². The summed E-state index contributed by atoms with van der Waals surface area (Å²) in [4.78, 5) is 7.03. The quantitative estimate of drug-likeness (QED) is 0.790. The normalized spacial score (nSPS) is 15.0. The Hall–Kier alpha value is -1.82. The molecule has 2 aromatic rings. The van der Waals surface area contributed by atoms with Crippen LogP contribution in [0.1, 0.15) is 18.5 Å². The van der Waals surface area contributed by atoms with Gasteiger partial charge in [0.15, 0.2) is 0 Å². The first kappa shape index (κ1) is 14.1. The predicted octanol–water partition coefficient (Wildman–Crippen LogP) is 4.36. The first-order valence-corrected chi connectivity index (χ1v) is 6.68. The zero-order valence-corrected chi connectivity index (χ0v) is 11.4. The average molecular weight is 315 g/mol. The lowest BCUT2D eigenvalue weighted by atomic mass is 10.1. The molecule has 1 saturated carbocycles. The van der Waals surface area contributed by atoms with Crippen LogP contribution in [-0.2, 0) is 6.18 Å². The van der Waals surface area contributed by atoms with Crippen LogP contribution in [0.2, 0.25) is 5.28 Å². The van der Waals surface area contributed by atoms with Gasteiger partial charge in [0.2, 0.25) is 5.28 Å². The smallest absolute Gasteiger partial charge is 0.433 e. The van der Waals surface area contributed by atoms with Crippen LogP contribution >= 0.6 is 11.6 Å². The summed E-state index contributed by atoms with van der Waals surface area (Å²) in [6.45, 7) is 0. The number of alkyl halides is 3. The molecule has 3 nitrogen and oxygen atoms in total. The summed E-state index contributed by atoms with van der Waals surface area (Å²) in [5.74, 6) is 0.692. The van der Waals surface area contributed by atoms with Crippen molar-refractivity contribution in [2.75, 3.05) is 0 Å². The topological polar surface area (TPSA) is 35.0 Å². The van der Waals surface area contributed by atoms with Crippen molar-refractivity contribution in [3.05, 3.63) is 41.3 Å². The van der Waals surface area contributed by atoms with Gasteiger partial charge in [-0.2, -0.15) is 13.2 Å². The zero-order valence-electron chi connectivity index (χ0n) is 10.7. The first-order valence-electron chi connectivity index (χ1n) is 6.31. The molecule has 3 rings (SSSR count). The van der Waals surface area contributed by atoms with Crippen molar-refractivity contribution in [1.29, 1.82) is 0 Å². The van der Waals surface area contributed by atoms with E-state index in [0.717, 1.165) is 18.9 Å². The lowest BCUT2D eigenvalue weighted by molar-refractivity contribution is -0.141. The monoisotopic (exact) mass is 314 g/mol. The second-order valence-corrected chi connectivity index (χ2v) is 5.08. The summed E-state index contributed by atoms with van der Waals surface area (Å²) >= 11 is 5.57. The molecule has 1 aromatic carbocycles. The Balaban J connectivity index is 1.90. The second kappa shape index (κ2) is 5.18. The molecular formula is C14H10ClF3N2O. The maximum Gasteiger partial charge on any atom is 0.433 e. The number of rotatable bonds is 3. The molecule has 0 bridgehead atoms. The summed E-state index contributed by atoms with van der Waals surface area (Å²) < 4.78 is 43.7. The molecular weight excluding hydrogens is 305 g/mol. The van der Waals surface area contributed by atoms with E-state index in [9.17, 15) is 13.2 Å². The highest BCUT2D eigenvalue weighted by Gasteiger charge is 2.33. The predicted molar refractivity (Wildman–Crippen MR) is 71.1 cm³/mol. The van der Waals surface area contributed by atoms with E-state index in [-0.39, 0.29) is 11.8 Å². The second-order valence-electron chi connectivity index (χ2n) is 4.75. The maximum absolute atomic E-state index is 12.7. The van der Waals surface area contributed by atoms with E-state index in [1.807, 2.05) is 0 Å². The minimum absolute atomic E-state index is 0.125. The fourth-order valence-corrected chi connectivity index (χ4v) is 1.98. The van der Waals surface area contributed by atoms with E-state index in [1.165, 1.54) is 0 Å². The van der Waals surface area contributed by atoms with E-state index >= 15 is 0 Å². The molecule has 1 aliphatic rings. The number of aromatic nitrogens is 2. The summed E-state index contributed by atoms with van der Waals surface area (Å²) in [7, 11) is 0. The highest BCUT2D eigenvalue weighted by molar-refractivity contribution is 6.28. The van der Waals surface area contributed by atoms with Crippen LogP contribution in [0.5, 0.6) is 5.75 Å². The van der Waals surface area contributed by atoms with Gasteiger partial charge in [0, 0.05) is 5.56 Å². The van der Waals surface area contributed by atoms with Gasteiger partial charge in [-0.1, -0.05) is 0 Å². The summed E-state index contributed by atoms with van der Waals surface area (Å²) in [6.07, 6.45) is -2.21. The van der Waals surface area contributed by atoms with Crippen molar-refractivity contribution >= 4 is 11.6 Å². The summed E-state index contributed by atoms with van der Waals surface area (Å²) in [5, 5.41) is -0.432. The number of halogens is 4. The van der Waals surface area contributed by atoms with Crippen molar-refractivity contribution in [2.24, 2.45) is 0 Å². The Kier molecular flexibility index (Phi) is 3.49. The molecule has 1 aliphatic carbocycles. The van der Waals surface area contributed by atoms with Crippen LogP contribution in [0.3, 0.4) is 0 Å². The van der Waals surface area contributed by atoms with Gasteiger partial charge in [-0.05, 0) is 54.8 Å². The third-order valence-electron chi connectivity index (χ3n) is 2.97. The average Bonchev–Trinajstić information content (AvgIpc) is 3.22. The standard InChI is InChI=1S/C14H10ClF3N2O/c15-13-19-11(7-12(20-13)14(16,17)18)8-1-3-9(4-2-8)21-10-5-6-10/h1-4,7,10H,5-6H2. The summed E-state index contributed by atoms with van der Waals surface area (Å²) in [6, 6.07) is 7.59. The van der Waals surface area contributed by atoms with Crippen LogP contribution in [0, 0.1) is 0 Å². The van der Waals surface area contributed by atoms with Gasteiger partial charge in [0.1, 0.15) is 11.4 Å². The molecule has 1 aromatic heterocycles. The molecule has 7 heteroatoms. The van der Waals surface area contributed by atoms with Crippen LogP contribution in [0.25, 0.3) is 11.3 Å². The molecule has 1 fully saturated rings. The molecule has 0 N–H and O–H groups in total. The van der Waals surface area contributed by atoms with E-state index in [2.05, 4.69) is 9.97 Å². The Morgan fingerprint density at radius 1 is 1.10 bits per heavy atom. The number of benzene rings is 1. The Morgan fingerprint density at radius 2 is 1.76 bits per heavy atom. The highest BCUT2D eigenvalue weighted by atomic mass is 35.5. The molecule has 0 atom stereocenters. The van der Waals surface area contributed by atoms with Crippen LogP contribution in [0.15, 0.2) is 30.3 Å². The minimum atomic E-state index is -4.56. The van der Waals surface area contributed by atoms with Gasteiger partial charge in [-0.25, -0.2) is 9.97 Å². The fourth-order valence-electron chi connectivity index (χ4n) is 1.79. The molecule has 0 spiro atoms. The van der Waals surface area contributed by atoms with Gasteiger partial charge in [0.05, 0.1) is 11.8 Å². The van der Waals surface area contributed by atoms with E-state index in [4.69, 9.17) is 16.3 Å². The van der Waals surface area contributed by atoms with E-state index in [1.54, 1.807) is 24.3 Å². The molecule has 0 saturated heterocycles. The van der Waals surface area contributed by atoms with E-state index in [0.29, 0.717) is 11.3 Å². The van der Waals surface area contributed by atoms with Crippen LogP contribution in [0.4, 0.5) is 13.2 Å². The van der Waals surface area contributed by atoms with Gasteiger partial charge in [0.25, 0.3) is 0 Å². The van der Waals surface area contributed by atoms with Crippen molar-refractivity contribution < 1.29 is 17.9 Å². The minimum Gasteiger partial charge on any atom is -0.490 e. The molecule has 0 unspecified atom stereocenters. The largest absolute Gasteiger partial charge is 0.490 e. The number of hydrogen-bond acceptors (Lipinski definition) is 3. The van der Waals surface area contributed by atoms with E-state index < -0.39 is 17.2 Å². The molecule has 0 amide bonds. The number of hydrogen-bond donors (Lipinski definition) is 0. The van der Waals surface area contributed by atoms with Gasteiger partial charge in [-0.15, -0.1) is 0 Å². The summed E-state index contributed by atoms with van der Waals surface area (Å²) in [5.41, 5.74) is -0.413.